The molecule has 0 bridgehead atoms. The molecule has 1 aromatic carbocycles. The maximum absolute atomic E-state index is 12.6. The molecule has 2 rings (SSSR count). The number of rotatable bonds is 8. The zero-order valence-corrected chi connectivity index (χ0v) is 14.7. The predicted octanol–water partition coefficient (Wildman–Crippen LogP) is 1.91. The summed E-state index contributed by atoms with van der Waals surface area (Å²) in [6, 6.07) is 4.06. The highest BCUT2D eigenvalue weighted by Gasteiger charge is 2.22. The standard InChI is InChI=1S/C16H24N2O5S/c1-11(2)9-18-24(21,22)15-8-12(16(19)20)5-6-14(15)17-10-13-4-3-7-23-13/h5-6,8,11,13,17-18H,3-4,7,9-10H2,1-2H3,(H,19,20)/t13-/m1/s1. The van der Waals surface area contributed by atoms with Crippen LogP contribution in [0.4, 0.5) is 5.69 Å². The first kappa shape index (κ1) is 18.7. The van der Waals surface area contributed by atoms with E-state index in [1.807, 2.05) is 13.8 Å². The molecule has 134 valence electrons. The molecule has 0 amide bonds. The van der Waals surface area contributed by atoms with Crippen LogP contribution in [-0.4, -0.2) is 45.3 Å². The minimum atomic E-state index is -3.80. The highest BCUT2D eigenvalue weighted by Crippen LogP contribution is 2.24. The van der Waals surface area contributed by atoms with Gasteiger partial charge in [-0.25, -0.2) is 17.9 Å². The van der Waals surface area contributed by atoms with Gasteiger partial charge in [-0.15, -0.1) is 0 Å². The molecule has 3 N–H and O–H groups in total. The number of carboxylic acids is 1. The van der Waals surface area contributed by atoms with Gasteiger partial charge in [0.05, 0.1) is 17.4 Å². The van der Waals surface area contributed by atoms with Crippen molar-refractivity contribution < 1.29 is 23.1 Å². The lowest BCUT2D eigenvalue weighted by molar-refractivity contribution is 0.0696. The first-order chi connectivity index (χ1) is 11.3. The average molecular weight is 356 g/mol. The molecule has 0 radical (unpaired) electrons. The van der Waals surface area contributed by atoms with Crippen LogP contribution in [0.5, 0.6) is 0 Å². The number of sulfonamides is 1. The number of ether oxygens (including phenoxy) is 1. The molecule has 0 aliphatic carbocycles. The first-order valence-electron chi connectivity index (χ1n) is 8.02. The summed E-state index contributed by atoms with van der Waals surface area (Å²) >= 11 is 0. The van der Waals surface area contributed by atoms with E-state index in [2.05, 4.69) is 10.0 Å². The minimum Gasteiger partial charge on any atom is -0.478 e. The number of aromatic carboxylic acids is 1. The lowest BCUT2D eigenvalue weighted by atomic mass is 10.2. The fraction of sp³-hybridized carbons (Fsp3) is 0.562. The summed E-state index contributed by atoms with van der Waals surface area (Å²) in [5.41, 5.74) is 0.314. The van der Waals surface area contributed by atoms with E-state index in [9.17, 15) is 13.2 Å². The Balaban J connectivity index is 2.26. The minimum absolute atomic E-state index is 0.0447. The second-order valence-corrected chi connectivity index (χ2v) is 8.01. The molecule has 1 aromatic rings. The van der Waals surface area contributed by atoms with Crippen LogP contribution in [0.2, 0.25) is 0 Å². The highest BCUT2D eigenvalue weighted by atomic mass is 32.2. The molecule has 1 aliphatic heterocycles. The summed E-state index contributed by atoms with van der Waals surface area (Å²) in [5, 5.41) is 12.2. The van der Waals surface area contributed by atoms with Gasteiger partial charge in [0.1, 0.15) is 4.90 Å². The molecule has 7 nitrogen and oxygen atoms in total. The smallest absolute Gasteiger partial charge is 0.335 e. The molecule has 1 saturated heterocycles. The Hall–Kier alpha value is -1.64. The van der Waals surface area contributed by atoms with Gasteiger partial charge in [-0.05, 0) is 37.0 Å². The monoisotopic (exact) mass is 356 g/mol. The van der Waals surface area contributed by atoms with Crippen LogP contribution in [-0.2, 0) is 14.8 Å². The van der Waals surface area contributed by atoms with Crippen molar-refractivity contribution in [1.82, 2.24) is 4.72 Å². The maximum atomic E-state index is 12.6. The van der Waals surface area contributed by atoms with Gasteiger partial charge in [-0.2, -0.15) is 0 Å². The summed E-state index contributed by atoms with van der Waals surface area (Å²) in [7, 11) is -3.80. The molecule has 0 aromatic heterocycles. The van der Waals surface area contributed by atoms with Crippen LogP contribution in [0.25, 0.3) is 0 Å². The lowest BCUT2D eigenvalue weighted by Crippen LogP contribution is -2.29. The maximum Gasteiger partial charge on any atom is 0.335 e. The summed E-state index contributed by atoms with van der Waals surface area (Å²) in [5.74, 6) is -1.02. The van der Waals surface area contributed by atoms with Crippen molar-refractivity contribution >= 4 is 21.7 Å². The number of carbonyl (C=O) groups is 1. The zero-order valence-electron chi connectivity index (χ0n) is 13.9. The van der Waals surface area contributed by atoms with Crippen molar-refractivity contribution in [2.75, 3.05) is 25.0 Å². The highest BCUT2D eigenvalue weighted by molar-refractivity contribution is 7.89. The van der Waals surface area contributed by atoms with Crippen molar-refractivity contribution in [2.45, 2.75) is 37.7 Å². The van der Waals surface area contributed by atoms with Gasteiger partial charge in [-0.3, -0.25) is 0 Å². The van der Waals surface area contributed by atoms with Gasteiger partial charge in [0.2, 0.25) is 10.0 Å². The average Bonchev–Trinajstić information content (AvgIpc) is 3.04. The number of anilines is 1. The lowest BCUT2D eigenvalue weighted by Gasteiger charge is -2.17. The quantitative estimate of drug-likeness (QED) is 0.657. The second kappa shape index (κ2) is 7.96. The Morgan fingerprint density at radius 3 is 2.75 bits per heavy atom. The fourth-order valence-electron chi connectivity index (χ4n) is 2.41. The summed E-state index contributed by atoms with van der Waals surface area (Å²) in [6.45, 7) is 5.27. The van der Waals surface area contributed by atoms with E-state index < -0.39 is 16.0 Å². The van der Waals surface area contributed by atoms with Gasteiger partial charge in [0.25, 0.3) is 0 Å². The van der Waals surface area contributed by atoms with Crippen LogP contribution in [0.3, 0.4) is 0 Å². The second-order valence-electron chi connectivity index (χ2n) is 6.28. The van der Waals surface area contributed by atoms with Crippen LogP contribution in [0.15, 0.2) is 23.1 Å². The number of hydrogen-bond acceptors (Lipinski definition) is 5. The molecule has 1 fully saturated rings. The Kier molecular flexibility index (Phi) is 6.20. The molecular formula is C16H24N2O5S. The van der Waals surface area contributed by atoms with E-state index >= 15 is 0 Å². The van der Waals surface area contributed by atoms with Gasteiger partial charge in [-0.1, -0.05) is 13.8 Å². The number of nitrogens with one attached hydrogen (secondary N) is 2. The van der Waals surface area contributed by atoms with Gasteiger partial charge < -0.3 is 15.2 Å². The molecule has 0 unspecified atom stereocenters. The van der Waals surface area contributed by atoms with Crippen molar-refractivity contribution in [3.05, 3.63) is 23.8 Å². The van der Waals surface area contributed by atoms with E-state index in [0.29, 0.717) is 18.8 Å². The largest absolute Gasteiger partial charge is 0.478 e. The molecule has 1 aliphatic rings. The van der Waals surface area contributed by atoms with E-state index in [-0.39, 0.29) is 29.0 Å². The molecule has 1 heterocycles. The molecule has 8 heteroatoms. The van der Waals surface area contributed by atoms with E-state index in [4.69, 9.17) is 9.84 Å². The van der Waals surface area contributed by atoms with Crippen LogP contribution in [0.1, 0.15) is 37.0 Å². The number of hydrogen-bond donors (Lipinski definition) is 3. The van der Waals surface area contributed by atoms with E-state index in [1.54, 1.807) is 0 Å². The van der Waals surface area contributed by atoms with E-state index in [1.165, 1.54) is 18.2 Å². The van der Waals surface area contributed by atoms with Gasteiger partial charge in [0.15, 0.2) is 0 Å². The molecular weight excluding hydrogens is 332 g/mol. The zero-order chi connectivity index (χ0) is 17.7. The van der Waals surface area contributed by atoms with Crippen molar-refractivity contribution in [3.63, 3.8) is 0 Å². The normalized spacial score (nSPS) is 18.0. The third-order valence-corrected chi connectivity index (χ3v) is 5.21. The fourth-order valence-corrected chi connectivity index (χ4v) is 3.83. The molecule has 0 spiro atoms. The SMILES string of the molecule is CC(C)CNS(=O)(=O)c1cc(C(=O)O)ccc1NC[C@H]1CCCO1. The summed E-state index contributed by atoms with van der Waals surface area (Å²) in [6.07, 6.45) is 1.96. The van der Waals surface area contributed by atoms with Crippen molar-refractivity contribution in [3.8, 4) is 0 Å². The Morgan fingerprint density at radius 2 is 2.17 bits per heavy atom. The predicted molar refractivity (Wildman–Crippen MR) is 90.9 cm³/mol. The third kappa shape index (κ3) is 4.93. The number of carboxylic acid groups (broad SMARTS) is 1. The molecule has 0 saturated carbocycles. The van der Waals surface area contributed by atoms with Crippen molar-refractivity contribution in [2.24, 2.45) is 5.92 Å². The van der Waals surface area contributed by atoms with Crippen LogP contribution >= 0.6 is 0 Å². The molecule has 24 heavy (non-hydrogen) atoms. The van der Waals surface area contributed by atoms with Crippen LogP contribution < -0.4 is 10.0 Å². The Morgan fingerprint density at radius 1 is 1.42 bits per heavy atom. The summed E-state index contributed by atoms with van der Waals surface area (Å²) < 4.78 is 33.1. The van der Waals surface area contributed by atoms with Crippen LogP contribution in [0, 0.1) is 5.92 Å². The van der Waals surface area contributed by atoms with Gasteiger partial charge >= 0.3 is 5.97 Å². The van der Waals surface area contributed by atoms with Gasteiger partial charge in [0, 0.05) is 19.7 Å². The summed E-state index contributed by atoms with van der Waals surface area (Å²) in [4.78, 5) is 11.1. The third-order valence-electron chi connectivity index (χ3n) is 3.74. The Bertz CT molecular complexity index is 682. The Labute approximate surface area is 142 Å². The topological polar surface area (TPSA) is 105 Å². The van der Waals surface area contributed by atoms with E-state index in [0.717, 1.165) is 12.8 Å². The first-order valence-corrected chi connectivity index (χ1v) is 9.50. The van der Waals surface area contributed by atoms with Crippen molar-refractivity contribution in [1.29, 1.82) is 0 Å². The number of benzene rings is 1. The molecule has 1 atom stereocenters.